The molecular formula is C13H12N4. The lowest BCUT2D eigenvalue weighted by atomic mass is 10.2. The van der Waals surface area contributed by atoms with E-state index < -0.39 is 0 Å². The Hall–Kier alpha value is -2.36. The minimum Gasteiger partial charge on any atom is -0.398 e. The summed E-state index contributed by atoms with van der Waals surface area (Å²) >= 11 is 0. The van der Waals surface area contributed by atoms with Gasteiger partial charge in [-0.1, -0.05) is 18.2 Å². The number of benzene rings is 2. The summed E-state index contributed by atoms with van der Waals surface area (Å²) in [6, 6.07) is 13.6. The van der Waals surface area contributed by atoms with Crippen LogP contribution in [-0.2, 0) is 0 Å². The second kappa shape index (κ2) is 3.59. The summed E-state index contributed by atoms with van der Waals surface area (Å²) < 4.78 is 0. The first-order valence-electron chi connectivity index (χ1n) is 5.43. The van der Waals surface area contributed by atoms with Gasteiger partial charge in [0.05, 0.1) is 5.69 Å². The van der Waals surface area contributed by atoms with Crippen LogP contribution in [0.3, 0.4) is 0 Å². The average Bonchev–Trinajstić information content (AvgIpc) is 2.80. The van der Waals surface area contributed by atoms with Gasteiger partial charge in [0.1, 0.15) is 11.0 Å². The van der Waals surface area contributed by atoms with E-state index in [-0.39, 0.29) is 0 Å². The molecule has 0 spiro atoms. The van der Waals surface area contributed by atoms with E-state index in [1.807, 2.05) is 49.4 Å². The van der Waals surface area contributed by atoms with Crippen molar-refractivity contribution < 1.29 is 0 Å². The maximum absolute atomic E-state index is 5.86. The highest BCUT2D eigenvalue weighted by molar-refractivity contribution is 5.82. The van der Waals surface area contributed by atoms with Crippen LogP contribution in [0.25, 0.3) is 16.7 Å². The minimum absolute atomic E-state index is 0.748. The second-order valence-electron chi connectivity index (χ2n) is 3.97. The molecule has 17 heavy (non-hydrogen) atoms. The number of hydrogen-bond acceptors (Lipinski definition) is 3. The van der Waals surface area contributed by atoms with Gasteiger partial charge in [-0.3, -0.25) is 0 Å². The van der Waals surface area contributed by atoms with Gasteiger partial charge in [-0.2, -0.15) is 4.80 Å². The Morgan fingerprint density at radius 1 is 1.00 bits per heavy atom. The number of aryl methyl sites for hydroxylation is 1. The van der Waals surface area contributed by atoms with Gasteiger partial charge in [-0.15, -0.1) is 10.2 Å². The molecule has 1 heterocycles. The van der Waals surface area contributed by atoms with E-state index in [0.29, 0.717) is 0 Å². The predicted molar refractivity (Wildman–Crippen MR) is 68.0 cm³/mol. The van der Waals surface area contributed by atoms with Crippen molar-refractivity contribution in [3.63, 3.8) is 0 Å². The van der Waals surface area contributed by atoms with Crippen molar-refractivity contribution >= 4 is 16.7 Å². The highest BCUT2D eigenvalue weighted by Gasteiger charge is 2.08. The molecule has 84 valence electrons. The van der Waals surface area contributed by atoms with Crippen molar-refractivity contribution in [2.75, 3.05) is 5.73 Å². The molecule has 0 bridgehead atoms. The number of anilines is 1. The first-order chi connectivity index (χ1) is 8.25. The Bertz CT molecular complexity index is 670. The van der Waals surface area contributed by atoms with E-state index in [1.54, 1.807) is 4.80 Å². The third kappa shape index (κ3) is 1.54. The van der Waals surface area contributed by atoms with Crippen molar-refractivity contribution in [2.45, 2.75) is 6.92 Å². The lowest BCUT2D eigenvalue weighted by Crippen LogP contribution is -1.97. The molecule has 0 aliphatic rings. The summed E-state index contributed by atoms with van der Waals surface area (Å²) in [6.07, 6.45) is 0. The SMILES string of the molecule is Cc1c(N)ccc2nn(-c3ccccc3)nc12. The van der Waals surface area contributed by atoms with Crippen molar-refractivity contribution in [3.05, 3.63) is 48.0 Å². The molecule has 1 aromatic heterocycles. The van der Waals surface area contributed by atoms with Gasteiger partial charge in [0.25, 0.3) is 0 Å². The van der Waals surface area contributed by atoms with Crippen LogP contribution in [0.2, 0.25) is 0 Å². The summed E-state index contributed by atoms with van der Waals surface area (Å²) in [5, 5.41) is 8.90. The maximum atomic E-state index is 5.86. The lowest BCUT2D eigenvalue weighted by molar-refractivity contribution is 0.765. The fraction of sp³-hybridized carbons (Fsp3) is 0.0769. The second-order valence-corrected chi connectivity index (χ2v) is 3.97. The van der Waals surface area contributed by atoms with Crippen LogP contribution < -0.4 is 5.73 Å². The molecule has 4 heteroatoms. The molecular weight excluding hydrogens is 212 g/mol. The summed E-state index contributed by atoms with van der Waals surface area (Å²) in [7, 11) is 0. The standard InChI is InChI=1S/C13H12N4/c1-9-11(14)7-8-12-13(9)16-17(15-12)10-5-3-2-4-6-10/h2-8H,14H2,1H3. The summed E-state index contributed by atoms with van der Waals surface area (Å²) in [5.74, 6) is 0. The third-order valence-corrected chi connectivity index (χ3v) is 2.84. The van der Waals surface area contributed by atoms with Crippen LogP contribution in [0.4, 0.5) is 5.69 Å². The smallest absolute Gasteiger partial charge is 0.118 e. The number of hydrogen-bond donors (Lipinski definition) is 1. The molecule has 0 amide bonds. The van der Waals surface area contributed by atoms with Crippen LogP contribution in [0.5, 0.6) is 0 Å². The van der Waals surface area contributed by atoms with Gasteiger partial charge in [0, 0.05) is 11.3 Å². The van der Waals surface area contributed by atoms with E-state index in [2.05, 4.69) is 10.2 Å². The topological polar surface area (TPSA) is 56.7 Å². The first-order valence-corrected chi connectivity index (χ1v) is 5.43. The number of fused-ring (bicyclic) bond motifs is 1. The third-order valence-electron chi connectivity index (χ3n) is 2.84. The Kier molecular flexibility index (Phi) is 2.08. The lowest BCUT2D eigenvalue weighted by Gasteiger charge is -1.97. The number of rotatable bonds is 1. The van der Waals surface area contributed by atoms with E-state index in [1.165, 1.54) is 0 Å². The zero-order valence-electron chi connectivity index (χ0n) is 9.46. The summed E-state index contributed by atoms with van der Waals surface area (Å²) in [5.41, 5.74) is 10.2. The average molecular weight is 224 g/mol. The van der Waals surface area contributed by atoms with Crippen LogP contribution >= 0.6 is 0 Å². The summed E-state index contributed by atoms with van der Waals surface area (Å²) in [6.45, 7) is 1.96. The number of aromatic nitrogens is 3. The fourth-order valence-electron chi connectivity index (χ4n) is 1.80. The number of para-hydroxylation sites is 1. The zero-order chi connectivity index (χ0) is 11.8. The zero-order valence-corrected chi connectivity index (χ0v) is 9.46. The van der Waals surface area contributed by atoms with Crippen molar-refractivity contribution in [2.24, 2.45) is 0 Å². The van der Waals surface area contributed by atoms with Gasteiger partial charge in [0.15, 0.2) is 0 Å². The summed E-state index contributed by atoms with van der Waals surface area (Å²) in [4.78, 5) is 1.64. The Morgan fingerprint density at radius 2 is 1.76 bits per heavy atom. The van der Waals surface area contributed by atoms with Gasteiger partial charge in [-0.25, -0.2) is 0 Å². The normalized spacial score (nSPS) is 10.9. The van der Waals surface area contributed by atoms with Crippen LogP contribution in [0.1, 0.15) is 5.56 Å². The largest absolute Gasteiger partial charge is 0.398 e. The Morgan fingerprint density at radius 3 is 2.53 bits per heavy atom. The highest BCUT2D eigenvalue weighted by Crippen LogP contribution is 2.20. The van der Waals surface area contributed by atoms with Crippen molar-refractivity contribution in [1.82, 2.24) is 15.0 Å². The maximum Gasteiger partial charge on any atom is 0.118 e. The van der Waals surface area contributed by atoms with Crippen LogP contribution in [-0.4, -0.2) is 15.0 Å². The van der Waals surface area contributed by atoms with Crippen molar-refractivity contribution in [3.8, 4) is 5.69 Å². The van der Waals surface area contributed by atoms with Gasteiger partial charge >= 0.3 is 0 Å². The molecule has 0 saturated carbocycles. The molecule has 3 rings (SSSR count). The van der Waals surface area contributed by atoms with Gasteiger partial charge in [-0.05, 0) is 31.2 Å². The number of nitrogens with zero attached hydrogens (tertiary/aromatic N) is 3. The van der Waals surface area contributed by atoms with E-state index in [4.69, 9.17) is 5.73 Å². The number of nitrogens with two attached hydrogens (primary N) is 1. The van der Waals surface area contributed by atoms with Gasteiger partial charge < -0.3 is 5.73 Å². The molecule has 0 aliphatic heterocycles. The minimum atomic E-state index is 0.748. The van der Waals surface area contributed by atoms with E-state index >= 15 is 0 Å². The van der Waals surface area contributed by atoms with Crippen LogP contribution in [0.15, 0.2) is 42.5 Å². The van der Waals surface area contributed by atoms with E-state index in [9.17, 15) is 0 Å². The Labute approximate surface area is 98.7 Å². The number of nitrogen functional groups attached to an aromatic ring is 1. The monoisotopic (exact) mass is 224 g/mol. The van der Waals surface area contributed by atoms with Gasteiger partial charge in [0.2, 0.25) is 0 Å². The molecule has 0 unspecified atom stereocenters. The molecule has 4 nitrogen and oxygen atoms in total. The first kappa shape index (κ1) is 9.84. The van der Waals surface area contributed by atoms with Crippen LogP contribution in [0, 0.1) is 6.92 Å². The molecule has 2 aromatic carbocycles. The fourth-order valence-corrected chi connectivity index (χ4v) is 1.80. The van der Waals surface area contributed by atoms with Crippen molar-refractivity contribution in [1.29, 1.82) is 0 Å². The molecule has 0 atom stereocenters. The molecule has 3 aromatic rings. The predicted octanol–water partition coefficient (Wildman–Crippen LogP) is 2.31. The molecule has 0 radical (unpaired) electrons. The molecule has 0 fully saturated rings. The molecule has 2 N–H and O–H groups in total. The van der Waals surface area contributed by atoms with E-state index in [0.717, 1.165) is 28.0 Å². The molecule has 0 aliphatic carbocycles. The Balaban J connectivity index is 2.24. The quantitative estimate of drug-likeness (QED) is 0.645. The molecule has 0 saturated heterocycles. The highest BCUT2D eigenvalue weighted by atomic mass is 15.5.